The van der Waals surface area contributed by atoms with Gasteiger partial charge in [0.05, 0.1) is 15.5 Å². The molecule has 0 atom stereocenters. The summed E-state index contributed by atoms with van der Waals surface area (Å²) in [6, 6.07) is 8.79. The van der Waals surface area contributed by atoms with Gasteiger partial charge in [0.1, 0.15) is 5.69 Å². The first kappa shape index (κ1) is 30.8. The maximum atomic E-state index is 13.6. The minimum absolute atomic E-state index is 0.0120. The Morgan fingerprint density at radius 1 is 0.738 bits per heavy atom. The number of fused-ring (bicyclic) bond motifs is 2. The zero-order valence-corrected chi connectivity index (χ0v) is 25.9. The van der Waals surface area contributed by atoms with Gasteiger partial charge in [-0.1, -0.05) is 51.7 Å². The summed E-state index contributed by atoms with van der Waals surface area (Å²) in [5.74, 6) is 1.05. The van der Waals surface area contributed by atoms with E-state index < -0.39 is 20.0 Å². The van der Waals surface area contributed by atoms with Crippen LogP contribution in [-0.4, -0.2) is 56.8 Å². The third-order valence-electron chi connectivity index (χ3n) is 9.05. The average Bonchev–Trinajstić information content (AvgIpc) is 3.00. The van der Waals surface area contributed by atoms with Crippen LogP contribution in [0, 0.1) is 16.7 Å². The van der Waals surface area contributed by atoms with E-state index >= 15 is 0 Å². The number of hydrogen-bond donors (Lipinski definition) is 2. The van der Waals surface area contributed by atoms with Crippen LogP contribution in [0.2, 0.25) is 0 Å². The first-order valence-electron chi connectivity index (χ1n) is 14.9. The molecule has 3 aromatic rings. The molecular formula is C30H40N4O6S2. The van der Waals surface area contributed by atoms with Gasteiger partial charge in [0.15, 0.2) is 0 Å². The molecule has 2 fully saturated rings. The van der Waals surface area contributed by atoms with E-state index in [1.54, 1.807) is 0 Å². The third kappa shape index (κ3) is 5.67. The van der Waals surface area contributed by atoms with Gasteiger partial charge in [-0.3, -0.25) is 10.7 Å². The summed E-state index contributed by atoms with van der Waals surface area (Å²) >= 11 is 0. The van der Waals surface area contributed by atoms with Gasteiger partial charge in [-0.2, -0.15) is 8.61 Å². The maximum Gasteiger partial charge on any atom is 0.243 e. The lowest BCUT2D eigenvalue weighted by molar-refractivity contribution is 0.262. The molecule has 0 unspecified atom stereocenters. The smallest absolute Gasteiger partial charge is 0.243 e. The molecule has 12 heteroatoms. The van der Waals surface area contributed by atoms with Crippen molar-refractivity contribution in [3.63, 3.8) is 0 Å². The molecule has 42 heavy (non-hydrogen) atoms. The number of nitroso groups, excluding NO2 is 1. The van der Waals surface area contributed by atoms with E-state index in [0.717, 1.165) is 51.4 Å². The highest BCUT2D eigenvalue weighted by molar-refractivity contribution is 7.89. The molecule has 2 saturated heterocycles. The Hall–Kier alpha value is -2.64. The van der Waals surface area contributed by atoms with Crippen LogP contribution >= 0.6 is 0 Å². The molecule has 0 spiro atoms. The van der Waals surface area contributed by atoms with Crippen LogP contribution in [0.4, 0.5) is 11.4 Å². The molecule has 3 aromatic carbocycles. The van der Waals surface area contributed by atoms with Crippen LogP contribution in [-0.2, 0) is 20.0 Å². The van der Waals surface area contributed by atoms with Crippen molar-refractivity contribution in [3.8, 4) is 0 Å². The van der Waals surface area contributed by atoms with E-state index in [2.05, 4.69) is 24.5 Å². The van der Waals surface area contributed by atoms with Crippen molar-refractivity contribution in [2.24, 2.45) is 17.0 Å². The van der Waals surface area contributed by atoms with E-state index in [1.165, 1.54) is 45.0 Å². The van der Waals surface area contributed by atoms with Crippen LogP contribution in [0.15, 0.2) is 51.4 Å². The summed E-state index contributed by atoms with van der Waals surface area (Å²) in [5.41, 5.74) is 2.33. The molecule has 0 bridgehead atoms. The standard InChI is InChI=1S/C30H40N4O6S2/c1-3-5-21-11-15-33(16-12-21)41(37,38)23-7-9-25-27(19-23)29(31-35)26-10-8-24(20-28(26)30(25)32-36)42(39,40)34-17-13-22(6-4-2)14-18-34/h7-10,19-22,31,35H,3-6,11-18H2,1-2H3. The Kier molecular flexibility index (Phi) is 9.19. The Bertz CT molecular complexity index is 1680. The number of piperidine rings is 2. The molecule has 0 radical (unpaired) electrons. The van der Waals surface area contributed by atoms with Gasteiger partial charge in [-0.05, 0) is 67.0 Å². The molecule has 2 heterocycles. The van der Waals surface area contributed by atoms with Gasteiger partial charge in [-0.25, -0.2) is 16.8 Å². The summed E-state index contributed by atoms with van der Waals surface area (Å²) in [6.07, 6.45) is 7.58. The Morgan fingerprint density at radius 3 is 1.62 bits per heavy atom. The fourth-order valence-electron chi connectivity index (χ4n) is 6.70. The van der Waals surface area contributed by atoms with E-state index in [9.17, 15) is 26.9 Å². The number of anilines is 1. The molecule has 2 aliphatic heterocycles. The molecule has 0 amide bonds. The molecule has 0 saturated carbocycles. The predicted octanol–water partition coefficient (Wildman–Crippen LogP) is 6.59. The largest absolute Gasteiger partial charge is 0.291 e. The van der Waals surface area contributed by atoms with Crippen molar-refractivity contribution in [2.45, 2.75) is 75.0 Å². The second kappa shape index (κ2) is 12.5. The second-order valence-corrected chi connectivity index (χ2v) is 15.5. The minimum Gasteiger partial charge on any atom is -0.291 e. The van der Waals surface area contributed by atoms with Crippen LogP contribution in [0.5, 0.6) is 0 Å². The Morgan fingerprint density at radius 2 is 1.19 bits per heavy atom. The highest BCUT2D eigenvalue weighted by Gasteiger charge is 2.32. The molecule has 5 rings (SSSR count). The topological polar surface area (TPSA) is 136 Å². The lowest BCUT2D eigenvalue weighted by Crippen LogP contribution is -2.38. The zero-order chi connectivity index (χ0) is 30.1. The molecule has 228 valence electrons. The van der Waals surface area contributed by atoms with Crippen molar-refractivity contribution < 1.29 is 22.0 Å². The first-order valence-corrected chi connectivity index (χ1v) is 17.8. The average molecular weight is 617 g/mol. The van der Waals surface area contributed by atoms with Crippen molar-refractivity contribution in [1.82, 2.24) is 8.61 Å². The third-order valence-corrected chi connectivity index (χ3v) is 12.8. The van der Waals surface area contributed by atoms with Crippen LogP contribution < -0.4 is 5.48 Å². The van der Waals surface area contributed by atoms with Gasteiger partial charge >= 0.3 is 0 Å². The summed E-state index contributed by atoms with van der Waals surface area (Å²) in [5, 5.41) is 14.6. The normalized spacial score (nSPS) is 18.5. The van der Waals surface area contributed by atoms with E-state index in [-0.39, 0.29) is 26.6 Å². The van der Waals surface area contributed by atoms with Crippen LogP contribution in [0.25, 0.3) is 21.5 Å². The van der Waals surface area contributed by atoms with E-state index in [1.807, 2.05) is 0 Å². The fraction of sp³-hybridized carbons (Fsp3) is 0.533. The van der Waals surface area contributed by atoms with Crippen LogP contribution in [0.3, 0.4) is 0 Å². The van der Waals surface area contributed by atoms with Crippen molar-refractivity contribution in [3.05, 3.63) is 41.3 Å². The number of sulfonamides is 2. The lowest BCUT2D eigenvalue weighted by Gasteiger charge is -2.31. The fourth-order valence-corrected chi connectivity index (χ4v) is 9.69. The minimum atomic E-state index is -3.81. The van der Waals surface area contributed by atoms with Gasteiger partial charge in [-0.15, -0.1) is 4.91 Å². The molecular weight excluding hydrogens is 576 g/mol. The predicted molar refractivity (Wildman–Crippen MR) is 165 cm³/mol. The van der Waals surface area contributed by atoms with Crippen molar-refractivity contribution in [2.75, 3.05) is 31.7 Å². The lowest BCUT2D eigenvalue weighted by atomic mass is 9.94. The number of rotatable bonds is 10. The van der Waals surface area contributed by atoms with Gasteiger partial charge in [0.25, 0.3) is 0 Å². The number of hydrogen-bond acceptors (Lipinski definition) is 8. The quantitative estimate of drug-likeness (QED) is 0.149. The molecule has 2 aliphatic rings. The Labute approximate surface area is 248 Å². The summed E-state index contributed by atoms with van der Waals surface area (Å²) in [7, 11) is -7.62. The maximum absolute atomic E-state index is 13.6. The first-order chi connectivity index (χ1) is 20.1. The highest BCUT2D eigenvalue weighted by Crippen LogP contribution is 2.43. The van der Waals surface area contributed by atoms with E-state index in [0.29, 0.717) is 54.2 Å². The molecule has 0 aliphatic carbocycles. The second-order valence-electron chi connectivity index (χ2n) is 11.6. The molecule has 10 nitrogen and oxygen atoms in total. The van der Waals surface area contributed by atoms with Gasteiger partial charge < -0.3 is 0 Å². The summed E-state index contributed by atoms with van der Waals surface area (Å²) < 4.78 is 57.2. The molecule has 2 N–H and O–H groups in total. The van der Waals surface area contributed by atoms with Gasteiger partial charge in [0, 0.05) is 47.7 Å². The summed E-state index contributed by atoms with van der Waals surface area (Å²) in [4.78, 5) is 12.3. The summed E-state index contributed by atoms with van der Waals surface area (Å²) in [6.45, 7) is 6.04. The Balaban J connectivity index is 1.54. The SMILES string of the molecule is CCCC1CCN(S(=O)(=O)c2ccc3c(NO)c4cc(S(=O)(=O)N5CCC(CCC)CC5)ccc4c(N=O)c3c2)CC1. The van der Waals surface area contributed by atoms with Crippen molar-refractivity contribution in [1.29, 1.82) is 0 Å². The highest BCUT2D eigenvalue weighted by atomic mass is 32.2. The number of benzene rings is 3. The molecule has 0 aromatic heterocycles. The van der Waals surface area contributed by atoms with Crippen LogP contribution in [0.1, 0.15) is 65.2 Å². The zero-order valence-electron chi connectivity index (χ0n) is 24.3. The monoisotopic (exact) mass is 616 g/mol. The number of nitrogens with one attached hydrogen (secondary N) is 1. The van der Waals surface area contributed by atoms with Crippen molar-refractivity contribution >= 4 is 53.0 Å². The van der Waals surface area contributed by atoms with Gasteiger partial charge in [0.2, 0.25) is 20.0 Å². The van der Waals surface area contributed by atoms with E-state index in [4.69, 9.17) is 0 Å². The number of nitrogens with zero attached hydrogens (tertiary/aromatic N) is 3.